The molecule has 0 radical (unpaired) electrons. The highest BCUT2D eigenvalue weighted by atomic mass is 16.4. The summed E-state index contributed by atoms with van der Waals surface area (Å²) in [5.41, 5.74) is 2.46. The molecule has 3 heterocycles. The van der Waals surface area contributed by atoms with Gasteiger partial charge in [-0.1, -0.05) is 38.1 Å². The molecule has 1 aromatic heterocycles. The summed E-state index contributed by atoms with van der Waals surface area (Å²) in [6, 6.07) is 8.27. The predicted octanol–water partition coefficient (Wildman–Crippen LogP) is 2.95. The minimum atomic E-state index is 0.151. The summed E-state index contributed by atoms with van der Waals surface area (Å²) in [4.78, 5) is 17.0. The lowest BCUT2D eigenvalue weighted by atomic mass is 9.77. The van der Waals surface area contributed by atoms with Gasteiger partial charge in [0, 0.05) is 31.0 Å². The Bertz CT molecular complexity index is 838. The highest BCUT2D eigenvalue weighted by Gasteiger charge is 2.53. The summed E-state index contributed by atoms with van der Waals surface area (Å²) in [5, 5.41) is 8.45. The highest BCUT2D eigenvalue weighted by Crippen LogP contribution is 2.47. The summed E-state index contributed by atoms with van der Waals surface area (Å²) in [6.07, 6.45) is 1.46. The van der Waals surface area contributed by atoms with E-state index in [1.165, 1.54) is 5.56 Å². The molecule has 1 atom stereocenters. The van der Waals surface area contributed by atoms with Crippen LogP contribution < -0.4 is 0 Å². The number of aromatic nitrogens is 2. The van der Waals surface area contributed by atoms with Crippen molar-refractivity contribution in [3.8, 4) is 0 Å². The Hall–Kier alpha value is -2.21. The van der Waals surface area contributed by atoms with Gasteiger partial charge in [0.1, 0.15) is 0 Å². The van der Waals surface area contributed by atoms with Crippen molar-refractivity contribution in [2.24, 2.45) is 5.41 Å². The van der Waals surface area contributed by atoms with Crippen LogP contribution in [-0.2, 0) is 11.2 Å². The molecule has 2 aliphatic rings. The van der Waals surface area contributed by atoms with Gasteiger partial charge in [-0.3, -0.25) is 9.69 Å². The molecule has 27 heavy (non-hydrogen) atoms. The van der Waals surface area contributed by atoms with Gasteiger partial charge >= 0.3 is 0 Å². The predicted molar refractivity (Wildman–Crippen MR) is 102 cm³/mol. The smallest absolute Gasteiger partial charge is 0.233 e. The molecule has 1 aromatic carbocycles. The third-order valence-corrected chi connectivity index (χ3v) is 5.99. The zero-order chi connectivity index (χ0) is 19.2. The Morgan fingerprint density at radius 2 is 2.00 bits per heavy atom. The van der Waals surface area contributed by atoms with E-state index in [9.17, 15) is 4.79 Å². The first-order chi connectivity index (χ1) is 12.9. The fourth-order valence-electron chi connectivity index (χ4n) is 4.41. The number of amides is 1. The van der Waals surface area contributed by atoms with Gasteiger partial charge in [-0.15, -0.1) is 10.2 Å². The summed E-state index contributed by atoms with van der Waals surface area (Å²) in [6.45, 7) is 8.78. The molecule has 4 rings (SSSR count). The van der Waals surface area contributed by atoms with Gasteiger partial charge in [-0.05, 0) is 31.5 Å². The Balaban J connectivity index is 1.38. The molecule has 0 saturated carbocycles. The van der Waals surface area contributed by atoms with Crippen LogP contribution in [0.25, 0.3) is 0 Å². The van der Waals surface area contributed by atoms with E-state index < -0.39 is 0 Å². The maximum absolute atomic E-state index is 12.7. The van der Waals surface area contributed by atoms with Crippen LogP contribution in [-0.4, -0.2) is 52.6 Å². The van der Waals surface area contributed by atoms with Crippen molar-refractivity contribution in [3.05, 3.63) is 47.2 Å². The van der Waals surface area contributed by atoms with Gasteiger partial charge in [-0.2, -0.15) is 0 Å². The zero-order valence-electron chi connectivity index (χ0n) is 16.6. The van der Waals surface area contributed by atoms with Crippen LogP contribution in [0, 0.1) is 12.3 Å². The molecule has 2 aromatic rings. The minimum absolute atomic E-state index is 0.151. The molecular formula is C21H28N4O2. The summed E-state index contributed by atoms with van der Waals surface area (Å²) in [5.74, 6) is 1.87. The van der Waals surface area contributed by atoms with E-state index in [1.54, 1.807) is 0 Å². The standard InChI is InChI=1S/C21H28N4O2/c1-14(2)19-22-23-20(27-19)17-10-21(11-24(17)4)12-25(13-21)18(26)9-16-8-6-5-7-15(16)3/h5-8,14,17H,9-13H2,1-4H3. The average molecular weight is 368 g/mol. The third-order valence-electron chi connectivity index (χ3n) is 5.99. The second-order valence-electron chi connectivity index (χ2n) is 8.62. The molecule has 0 N–H and O–H groups in total. The van der Waals surface area contributed by atoms with Gasteiger partial charge < -0.3 is 9.32 Å². The lowest BCUT2D eigenvalue weighted by Crippen LogP contribution is -2.59. The molecular weight excluding hydrogens is 340 g/mol. The highest BCUT2D eigenvalue weighted by molar-refractivity contribution is 5.80. The zero-order valence-corrected chi connectivity index (χ0v) is 16.6. The molecule has 144 valence electrons. The topological polar surface area (TPSA) is 62.5 Å². The van der Waals surface area contributed by atoms with Gasteiger partial charge in [0.2, 0.25) is 17.7 Å². The summed E-state index contributed by atoms with van der Waals surface area (Å²) < 4.78 is 5.88. The van der Waals surface area contributed by atoms with Crippen molar-refractivity contribution < 1.29 is 9.21 Å². The number of nitrogens with zero attached hydrogens (tertiary/aromatic N) is 4. The van der Waals surface area contributed by atoms with E-state index >= 15 is 0 Å². The number of likely N-dealkylation sites (tertiary alicyclic amines) is 2. The lowest BCUT2D eigenvalue weighted by Gasteiger charge is -2.48. The van der Waals surface area contributed by atoms with Crippen LogP contribution in [0.5, 0.6) is 0 Å². The Morgan fingerprint density at radius 1 is 1.26 bits per heavy atom. The molecule has 2 aliphatic heterocycles. The number of aryl methyl sites for hydroxylation is 1. The van der Waals surface area contributed by atoms with E-state index in [2.05, 4.69) is 49.0 Å². The van der Waals surface area contributed by atoms with E-state index in [-0.39, 0.29) is 23.3 Å². The molecule has 0 aliphatic carbocycles. The van der Waals surface area contributed by atoms with Gasteiger partial charge in [0.25, 0.3) is 0 Å². The number of hydrogen-bond acceptors (Lipinski definition) is 5. The fraction of sp³-hybridized carbons (Fsp3) is 0.571. The molecule has 1 spiro atoms. The molecule has 0 bridgehead atoms. The van der Waals surface area contributed by atoms with E-state index in [0.29, 0.717) is 18.2 Å². The van der Waals surface area contributed by atoms with Gasteiger partial charge in [-0.25, -0.2) is 0 Å². The molecule has 2 fully saturated rings. The van der Waals surface area contributed by atoms with Crippen molar-refractivity contribution in [2.75, 3.05) is 26.7 Å². The quantitative estimate of drug-likeness (QED) is 0.830. The number of carbonyl (C=O) groups is 1. The second kappa shape index (κ2) is 6.75. The lowest BCUT2D eigenvalue weighted by molar-refractivity contribution is -0.141. The summed E-state index contributed by atoms with van der Waals surface area (Å²) >= 11 is 0. The van der Waals surface area contributed by atoms with Crippen LogP contribution in [0.15, 0.2) is 28.7 Å². The first kappa shape index (κ1) is 18.2. The minimum Gasteiger partial charge on any atom is -0.423 e. The SMILES string of the molecule is Cc1ccccc1CC(=O)N1CC2(CC(c3nnc(C(C)C)o3)N(C)C2)C1. The largest absolute Gasteiger partial charge is 0.423 e. The summed E-state index contributed by atoms with van der Waals surface area (Å²) in [7, 11) is 2.11. The number of rotatable bonds is 4. The van der Waals surface area contributed by atoms with Crippen LogP contribution in [0.1, 0.15) is 55.1 Å². The second-order valence-corrected chi connectivity index (χ2v) is 8.62. The number of carbonyl (C=O) groups excluding carboxylic acids is 1. The van der Waals surface area contributed by atoms with Gasteiger partial charge in [0.15, 0.2) is 0 Å². The maximum atomic E-state index is 12.7. The van der Waals surface area contributed by atoms with Crippen molar-refractivity contribution in [3.63, 3.8) is 0 Å². The first-order valence-electron chi connectivity index (χ1n) is 9.73. The number of benzene rings is 1. The molecule has 6 heteroatoms. The number of hydrogen-bond donors (Lipinski definition) is 0. The average Bonchev–Trinajstić information content (AvgIpc) is 3.20. The maximum Gasteiger partial charge on any atom is 0.233 e. The van der Waals surface area contributed by atoms with Crippen LogP contribution in [0.4, 0.5) is 0 Å². The van der Waals surface area contributed by atoms with Crippen molar-refractivity contribution in [1.29, 1.82) is 0 Å². The Morgan fingerprint density at radius 3 is 2.67 bits per heavy atom. The van der Waals surface area contributed by atoms with Crippen molar-refractivity contribution >= 4 is 5.91 Å². The van der Waals surface area contributed by atoms with Gasteiger partial charge in [0.05, 0.1) is 12.5 Å². The van der Waals surface area contributed by atoms with Crippen molar-refractivity contribution in [1.82, 2.24) is 20.0 Å². The third kappa shape index (κ3) is 3.38. The Kier molecular flexibility index (Phi) is 4.54. The van der Waals surface area contributed by atoms with E-state index in [4.69, 9.17) is 4.42 Å². The van der Waals surface area contributed by atoms with Crippen LogP contribution in [0.3, 0.4) is 0 Å². The van der Waals surface area contributed by atoms with E-state index in [0.717, 1.165) is 31.6 Å². The fourth-order valence-corrected chi connectivity index (χ4v) is 4.41. The van der Waals surface area contributed by atoms with Crippen molar-refractivity contribution in [2.45, 2.75) is 45.6 Å². The first-order valence-corrected chi connectivity index (χ1v) is 9.73. The van der Waals surface area contributed by atoms with Crippen LogP contribution >= 0.6 is 0 Å². The molecule has 1 unspecified atom stereocenters. The van der Waals surface area contributed by atoms with E-state index in [1.807, 2.05) is 23.1 Å². The molecule has 2 saturated heterocycles. The monoisotopic (exact) mass is 368 g/mol. The molecule has 1 amide bonds. The molecule has 6 nitrogen and oxygen atoms in total. The van der Waals surface area contributed by atoms with Crippen LogP contribution in [0.2, 0.25) is 0 Å². The normalized spacial score (nSPS) is 21.8. The Labute approximate surface area is 160 Å².